The lowest BCUT2D eigenvalue weighted by molar-refractivity contribution is -0.142. The normalized spacial score (nSPS) is 18.1. The maximum Gasteiger partial charge on any atom is 0.309 e. The van der Waals surface area contributed by atoms with E-state index < -0.39 is 15.1 Å². The van der Waals surface area contributed by atoms with Gasteiger partial charge in [-0.25, -0.2) is 8.42 Å². The monoisotopic (exact) mass is 499 g/mol. The lowest BCUT2D eigenvalue weighted by Crippen LogP contribution is -2.10. The third kappa shape index (κ3) is 4.65. The van der Waals surface area contributed by atoms with Crippen molar-refractivity contribution in [3.63, 3.8) is 0 Å². The second-order valence-corrected chi connectivity index (χ2v) is 11.8. The number of benzene rings is 3. The zero-order chi connectivity index (χ0) is 25.4. The van der Waals surface area contributed by atoms with Gasteiger partial charge in [0.25, 0.3) is 0 Å². The number of hydrogen-bond donors (Lipinski definition) is 0. The number of aromatic nitrogens is 1. The summed E-state index contributed by atoms with van der Waals surface area (Å²) in [4.78, 5) is 16.4. The molecule has 0 spiro atoms. The molecule has 0 bridgehead atoms. The van der Waals surface area contributed by atoms with Gasteiger partial charge in [0.2, 0.25) is 0 Å². The van der Waals surface area contributed by atoms with Crippen LogP contribution in [0.5, 0.6) is 0 Å². The molecule has 1 heterocycles. The summed E-state index contributed by atoms with van der Waals surface area (Å²) >= 11 is 0. The van der Waals surface area contributed by atoms with Crippen molar-refractivity contribution < 1.29 is 17.9 Å². The van der Waals surface area contributed by atoms with Crippen LogP contribution >= 0.6 is 0 Å². The molecule has 6 heteroatoms. The number of nitrogens with zero attached hydrogens (tertiary/aromatic N) is 1. The Balaban J connectivity index is 1.53. The Morgan fingerprint density at radius 2 is 1.75 bits per heavy atom. The number of ether oxygens (including phenoxy) is 1. The number of methoxy groups -OCH3 is 1. The Labute approximate surface area is 212 Å². The molecule has 4 aromatic rings. The quantitative estimate of drug-likeness (QED) is 0.277. The summed E-state index contributed by atoms with van der Waals surface area (Å²) in [6.07, 6.45) is 4.41. The smallest absolute Gasteiger partial charge is 0.309 e. The van der Waals surface area contributed by atoms with E-state index in [4.69, 9.17) is 4.74 Å². The number of carbonyl (C=O) groups is 1. The Kier molecular flexibility index (Phi) is 6.39. The number of carbonyl (C=O) groups excluding carboxylic acids is 1. The highest BCUT2D eigenvalue weighted by Gasteiger charge is 2.44. The van der Waals surface area contributed by atoms with E-state index in [1.165, 1.54) is 13.4 Å². The van der Waals surface area contributed by atoms with E-state index in [2.05, 4.69) is 41.4 Å². The summed E-state index contributed by atoms with van der Waals surface area (Å²) in [6.45, 7) is 1.90. The van der Waals surface area contributed by atoms with Crippen molar-refractivity contribution in [3.05, 3.63) is 90.1 Å². The fraction of sp³-hybridized carbons (Fsp3) is 0.267. The Hall–Kier alpha value is -3.51. The lowest BCUT2D eigenvalue weighted by atomic mass is 9.94. The van der Waals surface area contributed by atoms with Crippen LogP contribution in [-0.2, 0) is 19.4 Å². The molecule has 5 rings (SSSR count). The van der Waals surface area contributed by atoms with Crippen LogP contribution in [0.4, 0.5) is 0 Å². The topological polar surface area (TPSA) is 73.3 Å². The van der Waals surface area contributed by atoms with Gasteiger partial charge in [0.15, 0.2) is 9.84 Å². The fourth-order valence-electron chi connectivity index (χ4n) is 5.17. The Morgan fingerprint density at radius 3 is 2.44 bits per heavy atom. The molecular weight excluding hydrogens is 470 g/mol. The molecule has 184 valence electrons. The third-order valence-electron chi connectivity index (χ3n) is 7.13. The minimum absolute atomic E-state index is 0.0314. The number of sulfone groups is 1. The highest BCUT2D eigenvalue weighted by molar-refractivity contribution is 7.90. The Bertz CT molecular complexity index is 1540. The van der Waals surface area contributed by atoms with Gasteiger partial charge in [-0.2, -0.15) is 0 Å². The van der Waals surface area contributed by atoms with Gasteiger partial charge in [-0.15, -0.1) is 0 Å². The molecule has 3 atom stereocenters. The number of esters is 1. The summed E-state index contributed by atoms with van der Waals surface area (Å²) in [5.41, 5.74) is 6.82. The van der Waals surface area contributed by atoms with Crippen LogP contribution in [0.2, 0.25) is 0 Å². The largest absolute Gasteiger partial charge is 0.469 e. The van der Waals surface area contributed by atoms with E-state index in [9.17, 15) is 13.2 Å². The van der Waals surface area contributed by atoms with E-state index >= 15 is 0 Å². The minimum Gasteiger partial charge on any atom is -0.469 e. The predicted molar refractivity (Wildman–Crippen MR) is 143 cm³/mol. The summed E-state index contributed by atoms with van der Waals surface area (Å²) < 4.78 is 29.9. The molecule has 0 radical (unpaired) electrons. The average Bonchev–Trinajstić information content (AvgIpc) is 3.69. The first-order chi connectivity index (χ1) is 17.3. The van der Waals surface area contributed by atoms with E-state index in [1.54, 1.807) is 6.20 Å². The second-order valence-electron chi connectivity index (χ2n) is 9.54. The van der Waals surface area contributed by atoms with Crippen LogP contribution in [0, 0.1) is 5.92 Å². The molecule has 1 saturated carbocycles. The standard InChI is InChI=1S/C30H29NO4S/c1-4-28(36(3,33)34)24-16-23-9-6-14-31-29(23)26(17-24)22-8-5-7-21(15-22)19-10-12-20(13-11-19)25-18-27(25)30(32)35-2/h5-17,25,27-28H,4,18H2,1-3H3. The molecule has 3 unspecified atom stereocenters. The highest BCUT2D eigenvalue weighted by Crippen LogP contribution is 2.48. The first kappa shape index (κ1) is 24.2. The van der Waals surface area contributed by atoms with E-state index in [1.807, 2.05) is 43.3 Å². The SMILES string of the molecule is CCC(c1cc(-c2cccc(-c3ccc(C4CC4C(=O)OC)cc3)c2)c2ncccc2c1)S(C)(=O)=O. The number of rotatable bonds is 7. The van der Waals surface area contributed by atoms with E-state index in [0.717, 1.165) is 50.7 Å². The molecule has 0 N–H and O–H groups in total. The van der Waals surface area contributed by atoms with Crippen molar-refractivity contribution in [2.45, 2.75) is 30.9 Å². The van der Waals surface area contributed by atoms with Crippen LogP contribution in [0.15, 0.2) is 79.0 Å². The molecule has 1 aromatic heterocycles. The number of pyridine rings is 1. The second kappa shape index (κ2) is 9.51. The molecule has 1 aliphatic carbocycles. The molecule has 1 aliphatic rings. The summed E-state index contributed by atoms with van der Waals surface area (Å²) in [6, 6.07) is 24.4. The van der Waals surface area contributed by atoms with Gasteiger partial charge >= 0.3 is 5.97 Å². The molecule has 36 heavy (non-hydrogen) atoms. The number of fused-ring (bicyclic) bond motifs is 1. The molecule has 1 fully saturated rings. The zero-order valence-corrected chi connectivity index (χ0v) is 21.5. The predicted octanol–water partition coefficient (Wildman–Crippen LogP) is 6.34. The minimum atomic E-state index is -3.25. The summed E-state index contributed by atoms with van der Waals surface area (Å²) in [5.74, 6) is 0.0662. The lowest BCUT2D eigenvalue weighted by Gasteiger charge is -2.17. The first-order valence-electron chi connectivity index (χ1n) is 12.2. The third-order valence-corrected chi connectivity index (χ3v) is 8.77. The van der Waals surface area contributed by atoms with E-state index in [0.29, 0.717) is 6.42 Å². The molecular formula is C30H29NO4S. The van der Waals surface area contributed by atoms with Crippen molar-refractivity contribution >= 4 is 26.7 Å². The molecule has 0 saturated heterocycles. The molecule has 5 nitrogen and oxygen atoms in total. The van der Waals surface area contributed by atoms with Crippen LogP contribution in [0.3, 0.4) is 0 Å². The number of hydrogen-bond acceptors (Lipinski definition) is 5. The molecule has 0 aliphatic heterocycles. The maximum atomic E-state index is 12.5. The fourth-order valence-corrected chi connectivity index (χ4v) is 6.41. The summed E-state index contributed by atoms with van der Waals surface area (Å²) in [7, 11) is -1.82. The van der Waals surface area contributed by atoms with Crippen LogP contribution in [0.1, 0.15) is 42.1 Å². The van der Waals surface area contributed by atoms with Gasteiger partial charge in [-0.1, -0.05) is 55.5 Å². The average molecular weight is 500 g/mol. The van der Waals surface area contributed by atoms with Crippen molar-refractivity contribution in [1.29, 1.82) is 0 Å². The van der Waals surface area contributed by atoms with Crippen LogP contribution in [-0.4, -0.2) is 32.7 Å². The van der Waals surface area contributed by atoms with Crippen molar-refractivity contribution in [1.82, 2.24) is 4.98 Å². The van der Waals surface area contributed by atoms with Gasteiger partial charge in [-0.05, 0) is 70.8 Å². The van der Waals surface area contributed by atoms with E-state index in [-0.39, 0.29) is 17.8 Å². The maximum absolute atomic E-state index is 12.5. The van der Waals surface area contributed by atoms with Gasteiger partial charge in [0.1, 0.15) is 0 Å². The van der Waals surface area contributed by atoms with Gasteiger partial charge < -0.3 is 4.74 Å². The van der Waals surface area contributed by atoms with Crippen molar-refractivity contribution in [3.8, 4) is 22.3 Å². The van der Waals surface area contributed by atoms with Gasteiger partial charge in [0, 0.05) is 23.4 Å². The Morgan fingerprint density at radius 1 is 1.00 bits per heavy atom. The molecule has 3 aromatic carbocycles. The summed E-state index contributed by atoms with van der Waals surface area (Å²) in [5, 5.41) is 0.360. The van der Waals surface area contributed by atoms with Gasteiger partial charge in [-0.3, -0.25) is 9.78 Å². The van der Waals surface area contributed by atoms with Gasteiger partial charge in [0.05, 0.1) is 23.8 Å². The van der Waals surface area contributed by atoms with Crippen LogP contribution in [0.25, 0.3) is 33.2 Å². The van der Waals surface area contributed by atoms with Crippen molar-refractivity contribution in [2.75, 3.05) is 13.4 Å². The van der Waals surface area contributed by atoms with Crippen LogP contribution < -0.4 is 0 Å². The first-order valence-corrected chi connectivity index (χ1v) is 14.1. The molecule has 0 amide bonds. The van der Waals surface area contributed by atoms with Crippen molar-refractivity contribution in [2.24, 2.45) is 5.92 Å². The zero-order valence-electron chi connectivity index (χ0n) is 20.6. The highest BCUT2D eigenvalue weighted by atomic mass is 32.2.